The Hall–Kier alpha value is -1.39. The molecular weight excluding hydrogens is 321 g/mol. The quantitative estimate of drug-likeness (QED) is 0.870. The Kier molecular flexibility index (Phi) is 5.15. The van der Waals surface area contributed by atoms with E-state index in [0.717, 1.165) is 15.8 Å². The monoisotopic (exact) mass is 337 g/mol. The lowest BCUT2D eigenvalue weighted by Gasteiger charge is -2.15. The summed E-state index contributed by atoms with van der Waals surface area (Å²) in [5.74, 6) is 0.640. The number of methoxy groups -OCH3 is 1. The molecule has 0 aromatic heterocycles. The number of rotatable bonds is 5. The summed E-state index contributed by atoms with van der Waals surface area (Å²) < 4.78 is 19.7. The van der Waals surface area contributed by atoms with Crippen LogP contribution in [0.1, 0.15) is 24.1 Å². The smallest absolute Gasteiger partial charge is 0.127 e. The summed E-state index contributed by atoms with van der Waals surface area (Å²) in [4.78, 5) is 0. The Labute approximate surface area is 127 Å². The molecule has 0 spiro atoms. The Morgan fingerprint density at radius 1 is 1.20 bits per heavy atom. The first-order valence-electron chi connectivity index (χ1n) is 6.41. The molecule has 0 saturated heterocycles. The van der Waals surface area contributed by atoms with Crippen molar-refractivity contribution in [3.8, 4) is 5.75 Å². The van der Waals surface area contributed by atoms with Crippen LogP contribution in [0.5, 0.6) is 5.75 Å². The van der Waals surface area contributed by atoms with Crippen molar-refractivity contribution in [2.24, 2.45) is 0 Å². The van der Waals surface area contributed by atoms with Crippen molar-refractivity contribution in [3.63, 3.8) is 0 Å². The van der Waals surface area contributed by atoms with Gasteiger partial charge in [-0.05, 0) is 42.8 Å². The summed E-state index contributed by atoms with van der Waals surface area (Å²) in [6.07, 6.45) is 0. The first kappa shape index (κ1) is 15.0. The van der Waals surface area contributed by atoms with Gasteiger partial charge in [-0.3, -0.25) is 0 Å². The highest BCUT2D eigenvalue weighted by atomic mass is 79.9. The summed E-state index contributed by atoms with van der Waals surface area (Å²) in [6, 6.07) is 13.0. The summed E-state index contributed by atoms with van der Waals surface area (Å²) in [5.41, 5.74) is 1.79. The first-order valence-corrected chi connectivity index (χ1v) is 7.20. The van der Waals surface area contributed by atoms with Gasteiger partial charge in [-0.2, -0.15) is 0 Å². The number of hydrogen-bond donors (Lipinski definition) is 1. The average Bonchev–Trinajstić information content (AvgIpc) is 2.48. The lowest BCUT2D eigenvalue weighted by Crippen LogP contribution is -2.18. The number of hydrogen-bond acceptors (Lipinski definition) is 2. The van der Waals surface area contributed by atoms with Crippen molar-refractivity contribution >= 4 is 15.9 Å². The third-order valence-electron chi connectivity index (χ3n) is 3.22. The first-order chi connectivity index (χ1) is 9.60. The van der Waals surface area contributed by atoms with Crippen LogP contribution in [-0.4, -0.2) is 7.11 Å². The molecule has 0 bridgehead atoms. The largest absolute Gasteiger partial charge is 0.497 e. The summed E-state index contributed by atoms with van der Waals surface area (Å²) in [5, 5.41) is 3.32. The fourth-order valence-corrected chi connectivity index (χ4v) is 2.36. The number of nitrogens with one attached hydrogen (secondary N) is 1. The Balaban J connectivity index is 2.00. The second-order valence-corrected chi connectivity index (χ2v) is 5.53. The minimum Gasteiger partial charge on any atom is -0.497 e. The molecule has 0 radical (unpaired) electrons. The van der Waals surface area contributed by atoms with Crippen LogP contribution in [0.4, 0.5) is 4.39 Å². The third-order valence-corrected chi connectivity index (χ3v) is 3.72. The maximum Gasteiger partial charge on any atom is 0.127 e. The van der Waals surface area contributed by atoms with E-state index < -0.39 is 0 Å². The molecule has 0 unspecified atom stereocenters. The second kappa shape index (κ2) is 6.86. The molecule has 0 heterocycles. The van der Waals surface area contributed by atoms with Crippen molar-refractivity contribution in [2.45, 2.75) is 19.5 Å². The van der Waals surface area contributed by atoms with Crippen molar-refractivity contribution in [2.75, 3.05) is 7.11 Å². The number of ether oxygens (including phenoxy) is 1. The average molecular weight is 338 g/mol. The molecule has 2 rings (SSSR count). The SMILES string of the molecule is COc1ccc([C@H](C)NCc2cc(Br)ccc2F)cc1. The minimum absolute atomic E-state index is 0.138. The zero-order valence-electron chi connectivity index (χ0n) is 11.5. The van der Waals surface area contributed by atoms with Crippen LogP contribution in [0.2, 0.25) is 0 Å². The van der Waals surface area contributed by atoms with Crippen molar-refractivity contribution in [1.29, 1.82) is 0 Å². The van der Waals surface area contributed by atoms with Gasteiger partial charge in [0.05, 0.1) is 7.11 Å². The minimum atomic E-state index is -0.192. The topological polar surface area (TPSA) is 21.3 Å². The van der Waals surface area contributed by atoms with E-state index in [1.54, 1.807) is 19.2 Å². The zero-order valence-corrected chi connectivity index (χ0v) is 13.1. The molecule has 0 aliphatic rings. The molecule has 0 amide bonds. The summed E-state index contributed by atoms with van der Waals surface area (Å²) >= 11 is 3.36. The van der Waals surface area contributed by atoms with Crippen LogP contribution >= 0.6 is 15.9 Å². The van der Waals surface area contributed by atoms with E-state index in [9.17, 15) is 4.39 Å². The van der Waals surface area contributed by atoms with Gasteiger partial charge in [0.15, 0.2) is 0 Å². The molecule has 20 heavy (non-hydrogen) atoms. The Morgan fingerprint density at radius 2 is 1.90 bits per heavy atom. The molecule has 1 atom stereocenters. The van der Waals surface area contributed by atoms with Crippen molar-refractivity contribution < 1.29 is 9.13 Å². The molecule has 2 nitrogen and oxygen atoms in total. The second-order valence-electron chi connectivity index (χ2n) is 4.61. The maximum absolute atomic E-state index is 13.6. The van der Waals surface area contributed by atoms with Gasteiger partial charge >= 0.3 is 0 Å². The van der Waals surface area contributed by atoms with Gasteiger partial charge in [0, 0.05) is 22.6 Å². The highest BCUT2D eigenvalue weighted by Gasteiger charge is 2.07. The van der Waals surface area contributed by atoms with E-state index in [4.69, 9.17) is 4.74 Å². The Morgan fingerprint density at radius 3 is 2.55 bits per heavy atom. The number of benzene rings is 2. The van der Waals surface area contributed by atoms with Crippen LogP contribution in [0.15, 0.2) is 46.9 Å². The van der Waals surface area contributed by atoms with Gasteiger partial charge in [0.1, 0.15) is 11.6 Å². The standard InChI is InChI=1S/C16H17BrFNO/c1-11(12-3-6-15(20-2)7-4-12)19-10-13-9-14(17)5-8-16(13)18/h3-9,11,19H,10H2,1-2H3/t11-/m0/s1. The molecule has 0 fully saturated rings. The van der Waals surface area contributed by atoms with Gasteiger partial charge in [0.2, 0.25) is 0 Å². The van der Waals surface area contributed by atoms with Crippen LogP contribution in [0.3, 0.4) is 0 Å². The van der Waals surface area contributed by atoms with Crippen molar-refractivity contribution in [3.05, 3.63) is 63.9 Å². The lowest BCUT2D eigenvalue weighted by atomic mass is 10.1. The van der Waals surface area contributed by atoms with Gasteiger partial charge in [0.25, 0.3) is 0 Å². The molecule has 2 aromatic rings. The fraction of sp³-hybridized carbons (Fsp3) is 0.250. The lowest BCUT2D eigenvalue weighted by molar-refractivity contribution is 0.414. The van der Waals surface area contributed by atoms with Gasteiger partial charge in [-0.25, -0.2) is 4.39 Å². The molecule has 4 heteroatoms. The third kappa shape index (κ3) is 3.81. The Bertz CT molecular complexity index is 571. The van der Waals surface area contributed by atoms with E-state index >= 15 is 0 Å². The predicted octanol–water partition coefficient (Wildman–Crippen LogP) is 4.45. The van der Waals surface area contributed by atoms with E-state index in [1.807, 2.05) is 24.3 Å². The predicted molar refractivity (Wildman–Crippen MR) is 82.3 cm³/mol. The molecule has 0 saturated carbocycles. The van der Waals surface area contributed by atoms with Crippen LogP contribution in [0, 0.1) is 5.82 Å². The molecule has 1 N–H and O–H groups in total. The summed E-state index contributed by atoms with van der Waals surface area (Å²) in [6.45, 7) is 2.54. The van der Waals surface area contributed by atoms with Crippen LogP contribution in [-0.2, 0) is 6.54 Å². The number of halogens is 2. The van der Waals surface area contributed by atoms with Gasteiger partial charge in [-0.1, -0.05) is 28.1 Å². The van der Waals surface area contributed by atoms with E-state index in [1.165, 1.54) is 6.07 Å². The molecule has 106 valence electrons. The molecular formula is C16H17BrFNO. The van der Waals surface area contributed by atoms with Crippen LogP contribution in [0.25, 0.3) is 0 Å². The van der Waals surface area contributed by atoms with E-state index in [-0.39, 0.29) is 11.9 Å². The normalized spacial score (nSPS) is 12.2. The zero-order chi connectivity index (χ0) is 14.5. The van der Waals surface area contributed by atoms with Gasteiger partial charge in [-0.15, -0.1) is 0 Å². The molecule has 0 aliphatic heterocycles. The van der Waals surface area contributed by atoms with Crippen molar-refractivity contribution in [1.82, 2.24) is 5.32 Å². The molecule has 2 aromatic carbocycles. The highest BCUT2D eigenvalue weighted by Crippen LogP contribution is 2.19. The van der Waals surface area contributed by atoms with E-state index in [0.29, 0.717) is 12.1 Å². The maximum atomic E-state index is 13.6. The van der Waals surface area contributed by atoms with E-state index in [2.05, 4.69) is 28.2 Å². The summed E-state index contributed by atoms with van der Waals surface area (Å²) in [7, 11) is 1.65. The van der Waals surface area contributed by atoms with Gasteiger partial charge < -0.3 is 10.1 Å². The highest BCUT2D eigenvalue weighted by molar-refractivity contribution is 9.10. The molecule has 0 aliphatic carbocycles. The fourth-order valence-electron chi connectivity index (χ4n) is 1.95. The van der Waals surface area contributed by atoms with Crippen LogP contribution < -0.4 is 10.1 Å².